The van der Waals surface area contributed by atoms with Crippen molar-refractivity contribution in [2.75, 3.05) is 7.11 Å². The monoisotopic (exact) mass is 206 g/mol. The maximum atomic E-state index is 5.59. The minimum absolute atomic E-state index is 0.231. The van der Waals surface area contributed by atoms with E-state index in [1.54, 1.807) is 7.11 Å². The molecule has 0 atom stereocenters. The van der Waals surface area contributed by atoms with Gasteiger partial charge in [0.1, 0.15) is 0 Å². The summed E-state index contributed by atoms with van der Waals surface area (Å²) in [6.07, 6.45) is 7.86. The minimum Gasteiger partial charge on any atom is -0.405 e. The molecule has 0 aliphatic heterocycles. The van der Waals surface area contributed by atoms with Gasteiger partial charge in [-0.1, -0.05) is 48.9 Å². The molecule has 0 fully saturated rings. The molecule has 0 aliphatic rings. The maximum absolute atomic E-state index is 5.59. The van der Waals surface area contributed by atoms with Gasteiger partial charge in [0.2, 0.25) is 0 Å². The van der Waals surface area contributed by atoms with Gasteiger partial charge in [-0.25, -0.2) is 0 Å². The zero-order valence-electron chi connectivity index (χ0n) is 7.72. The average Bonchev–Trinajstić information content (AvgIpc) is 1.90. The van der Waals surface area contributed by atoms with Gasteiger partial charge in [0.05, 0.1) is 0 Å². The van der Waals surface area contributed by atoms with Crippen LogP contribution in [0.3, 0.4) is 0 Å². The topological polar surface area (TPSA) is 9.23 Å². The molecule has 0 amide bonds. The second kappa shape index (κ2) is 3.96. The quantitative estimate of drug-likeness (QED) is 0.509. The Morgan fingerprint density at radius 1 is 1.18 bits per heavy atom. The lowest BCUT2D eigenvalue weighted by atomic mass is 10.3. The summed E-state index contributed by atoms with van der Waals surface area (Å²) >= 11 is 0. The first-order valence-electron chi connectivity index (χ1n) is 3.44. The summed E-state index contributed by atoms with van der Waals surface area (Å²) in [5.41, 5.74) is 0. The zero-order chi connectivity index (χ0) is 9.12. The van der Waals surface area contributed by atoms with E-state index in [0.717, 1.165) is 15.5 Å². The van der Waals surface area contributed by atoms with Crippen LogP contribution in [0.2, 0.25) is 5.04 Å². The lowest BCUT2D eigenvalue weighted by Gasteiger charge is -2.33. The first-order chi connectivity index (χ1) is 4.93. The van der Waals surface area contributed by atoms with Crippen LogP contribution in [0.4, 0.5) is 0 Å². The van der Waals surface area contributed by atoms with E-state index in [0.29, 0.717) is 0 Å². The summed E-state index contributed by atoms with van der Waals surface area (Å²) < 4.78 is 5.59. The van der Waals surface area contributed by atoms with Gasteiger partial charge in [-0.2, -0.15) is 0 Å². The maximum Gasteiger partial charge on any atom is 0.305 e. The lowest BCUT2D eigenvalue weighted by molar-refractivity contribution is 0.402. The smallest absolute Gasteiger partial charge is 0.305 e. The van der Waals surface area contributed by atoms with E-state index in [1.165, 1.54) is 0 Å². The van der Waals surface area contributed by atoms with Crippen molar-refractivity contribution in [3.05, 3.63) is 0 Å². The SMILES string of the molecule is C=P[Si](OC)(P=C)C(C)(C)C. The zero-order valence-corrected chi connectivity index (χ0v) is 10.5. The van der Waals surface area contributed by atoms with Crippen LogP contribution < -0.4 is 0 Å². The summed E-state index contributed by atoms with van der Waals surface area (Å²) in [4.78, 5) is 0. The van der Waals surface area contributed by atoms with Gasteiger partial charge in [0.25, 0.3) is 0 Å². The van der Waals surface area contributed by atoms with E-state index < -0.39 is 7.65 Å². The van der Waals surface area contributed by atoms with Crippen LogP contribution in [-0.2, 0) is 4.43 Å². The van der Waals surface area contributed by atoms with Crippen molar-refractivity contribution in [2.24, 2.45) is 0 Å². The predicted molar refractivity (Wildman–Crippen MR) is 60.6 cm³/mol. The minimum atomic E-state index is -1.70. The molecule has 0 aromatic heterocycles. The van der Waals surface area contributed by atoms with E-state index in [4.69, 9.17) is 4.43 Å². The molecular weight excluding hydrogens is 190 g/mol. The molecule has 0 heterocycles. The molecule has 0 saturated carbocycles. The molecule has 0 bridgehead atoms. The molecule has 0 spiro atoms. The second-order valence-corrected chi connectivity index (χ2v) is 13.9. The third kappa shape index (κ3) is 2.22. The molecule has 0 aromatic carbocycles. The Balaban J connectivity index is 4.83. The van der Waals surface area contributed by atoms with Gasteiger partial charge >= 0.3 is 7.65 Å². The molecule has 0 N–H and O–H groups in total. The number of hydrogen-bond donors (Lipinski definition) is 0. The van der Waals surface area contributed by atoms with Crippen molar-refractivity contribution in [1.82, 2.24) is 0 Å². The van der Waals surface area contributed by atoms with Crippen LogP contribution in [0, 0.1) is 0 Å². The first kappa shape index (κ1) is 11.5. The largest absolute Gasteiger partial charge is 0.405 e. The van der Waals surface area contributed by atoms with Crippen molar-refractivity contribution in [3.63, 3.8) is 0 Å². The van der Waals surface area contributed by atoms with Crippen LogP contribution in [-0.4, -0.2) is 27.4 Å². The highest BCUT2D eigenvalue weighted by Crippen LogP contribution is 2.49. The third-order valence-electron chi connectivity index (χ3n) is 1.69. The first-order valence-corrected chi connectivity index (χ1v) is 9.19. The normalized spacial score (nSPS) is 18.5. The van der Waals surface area contributed by atoms with E-state index in [9.17, 15) is 0 Å². The van der Waals surface area contributed by atoms with E-state index >= 15 is 0 Å². The van der Waals surface area contributed by atoms with Crippen molar-refractivity contribution >= 4 is 35.8 Å². The van der Waals surface area contributed by atoms with E-state index in [-0.39, 0.29) is 5.04 Å². The Morgan fingerprint density at radius 2 is 1.55 bits per heavy atom. The molecule has 11 heavy (non-hydrogen) atoms. The van der Waals surface area contributed by atoms with Crippen molar-refractivity contribution < 1.29 is 4.43 Å². The summed E-state index contributed by atoms with van der Waals surface area (Å²) in [5, 5.41) is 0.231. The van der Waals surface area contributed by atoms with Gasteiger partial charge < -0.3 is 4.43 Å². The highest BCUT2D eigenvalue weighted by molar-refractivity contribution is 8.09. The number of hydrogen-bond acceptors (Lipinski definition) is 1. The van der Waals surface area contributed by atoms with E-state index in [2.05, 4.69) is 33.4 Å². The fourth-order valence-corrected chi connectivity index (χ4v) is 7.70. The van der Waals surface area contributed by atoms with Crippen LogP contribution >= 0.6 is 15.5 Å². The lowest BCUT2D eigenvalue weighted by Crippen LogP contribution is -2.34. The van der Waals surface area contributed by atoms with Crippen LogP contribution in [0.1, 0.15) is 20.8 Å². The van der Waals surface area contributed by atoms with Crippen LogP contribution in [0.15, 0.2) is 0 Å². The van der Waals surface area contributed by atoms with Crippen molar-refractivity contribution in [2.45, 2.75) is 25.8 Å². The standard InChI is InChI=1S/C7H16OP2Si/c1-7(2,3)11(8-4,9-5)10-6/h5-6H2,1-4H3. The molecule has 0 aliphatic carbocycles. The summed E-state index contributed by atoms with van der Waals surface area (Å²) in [7, 11) is 2.37. The second-order valence-electron chi connectivity index (χ2n) is 3.38. The molecule has 4 heteroatoms. The molecule has 0 aromatic rings. The molecule has 0 rings (SSSR count). The third-order valence-corrected chi connectivity index (χ3v) is 15.3. The fourth-order valence-electron chi connectivity index (χ4n) is 0.960. The Hall–Kier alpha value is 0.517. The fraction of sp³-hybridized carbons (Fsp3) is 0.714. The highest BCUT2D eigenvalue weighted by atomic mass is 31.6. The Bertz CT molecular complexity index is 154. The molecular formula is C7H16OP2Si. The average molecular weight is 206 g/mol. The number of rotatable bonds is 3. The molecule has 1 nitrogen and oxygen atoms in total. The van der Waals surface area contributed by atoms with Gasteiger partial charge in [0, 0.05) is 7.11 Å². The van der Waals surface area contributed by atoms with Gasteiger partial charge in [-0.05, 0) is 5.04 Å². The molecule has 0 radical (unpaired) electrons. The van der Waals surface area contributed by atoms with Crippen LogP contribution in [0.5, 0.6) is 0 Å². The van der Waals surface area contributed by atoms with Crippen molar-refractivity contribution in [3.8, 4) is 0 Å². The Morgan fingerprint density at radius 3 is 1.55 bits per heavy atom. The summed E-state index contributed by atoms with van der Waals surface area (Å²) in [6.45, 7) is 6.62. The Labute approximate surface area is 73.6 Å². The molecule has 64 valence electrons. The van der Waals surface area contributed by atoms with Gasteiger partial charge in [-0.3, -0.25) is 0 Å². The van der Waals surface area contributed by atoms with Crippen LogP contribution in [0.25, 0.3) is 0 Å². The summed E-state index contributed by atoms with van der Waals surface area (Å²) in [6, 6.07) is 0. The van der Waals surface area contributed by atoms with Gasteiger partial charge in [0.15, 0.2) is 0 Å². The predicted octanol–water partition coefficient (Wildman–Crippen LogP) is 3.13. The van der Waals surface area contributed by atoms with Crippen molar-refractivity contribution in [1.29, 1.82) is 0 Å². The highest BCUT2D eigenvalue weighted by Gasteiger charge is 2.42. The molecule has 0 saturated heterocycles. The Kier molecular flexibility index (Phi) is 4.14. The molecule has 0 unspecified atom stereocenters. The van der Waals surface area contributed by atoms with E-state index in [1.807, 2.05) is 0 Å². The summed E-state index contributed by atoms with van der Waals surface area (Å²) in [5.74, 6) is 0. The van der Waals surface area contributed by atoms with Gasteiger partial charge in [-0.15, -0.1) is 0 Å².